The first-order valence-electron chi connectivity index (χ1n) is 15.1. The Morgan fingerprint density at radius 3 is 2.10 bits per heavy atom. The van der Waals surface area contributed by atoms with Gasteiger partial charge in [0.15, 0.2) is 0 Å². The zero-order valence-corrected chi connectivity index (χ0v) is 27.4. The van der Waals surface area contributed by atoms with Crippen molar-refractivity contribution in [1.82, 2.24) is 0 Å². The summed E-state index contributed by atoms with van der Waals surface area (Å²) in [5.74, 6) is 2.00. The summed E-state index contributed by atoms with van der Waals surface area (Å²) in [6, 6.07) is 21.6. The molecule has 1 unspecified atom stereocenters. The Kier molecular flexibility index (Phi) is 8.80. The molecular formula is C36H46BrN3. The number of nitrogens with one attached hydrogen (secondary N) is 1. The van der Waals surface area contributed by atoms with Crippen LogP contribution in [0.5, 0.6) is 0 Å². The summed E-state index contributed by atoms with van der Waals surface area (Å²) in [7, 11) is 0. The van der Waals surface area contributed by atoms with Crippen molar-refractivity contribution >= 4 is 33.3 Å². The molecule has 5 rings (SSSR count). The number of aryl methyl sites for hydroxylation is 1. The van der Waals surface area contributed by atoms with E-state index in [1.165, 1.54) is 16.7 Å². The number of rotatable bonds is 6. The van der Waals surface area contributed by atoms with Crippen LogP contribution in [-0.4, -0.2) is 17.2 Å². The normalized spacial score (nSPS) is 20.8. The Bertz CT molecular complexity index is 1410. The van der Waals surface area contributed by atoms with E-state index in [0.29, 0.717) is 17.7 Å². The molecule has 1 heterocycles. The molecule has 0 bridgehead atoms. The van der Waals surface area contributed by atoms with Gasteiger partial charge in [0.05, 0.1) is 11.2 Å². The highest BCUT2D eigenvalue weighted by Crippen LogP contribution is 2.67. The molecule has 1 fully saturated rings. The second-order valence-electron chi connectivity index (χ2n) is 11.7. The minimum atomic E-state index is -0.118. The molecule has 4 heteroatoms. The number of hydrogen-bond acceptors (Lipinski definition) is 2. The van der Waals surface area contributed by atoms with Crippen molar-refractivity contribution in [2.45, 2.75) is 104 Å². The number of amidine groups is 2. The van der Waals surface area contributed by atoms with Crippen LogP contribution in [0, 0.1) is 12.3 Å². The second-order valence-corrected chi connectivity index (χ2v) is 12.6. The Hall–Kier alpha value is -2.72. The highest BCUT2D eigenvalue weighted by Gasteiger charge is 2.69. The summed E-state index contributed by atoms with van der Waals surface area (Å²) in [6.07, 6.45) is 3.13. The number of aliphatic imine (C=N–C) groups is 1. The van der Waals surface area contributed by atoms with Gasteiger partial charge in [-0.2, -0.15) is 0 Å². The number of halogens is 1. The molecule has 2 aliphatic rings. The average molecular weight is 601 g/mol. The van der Waals surface area contributed by atoms with Gasteiger partial charge in [0.25, 0.3) is 0 Å². The molecule has 1 saturated carbocycles. The Morgan fingerprint density at radius 1 is 0.925 bits per heavy atom. The van der Waals surface area contributed by atoms with Gasteiger partial charge in [-0.25, -0.2) is 0 Å². The van der Waals surface area contributed by atoms with E-state index in [9.17, 15) is 5.41 Å². The van der Waals surface area contributed by atoms with E-state index in [4.69, 9.17) is 4.99 Å². The van der Waals surface area contributed by atoms with Gasteiger partial charge in [-0.1, -0.05) is 120 Å². The van der Waals surface area contributed by atoms with E-state index in [1.807, 2.05) is 19.9 Å². The lowest BCUT2D eigenvalue weighted by Gasteiger charge is -2.38. The highest BCUT2D eigenvalue weighted by molar-refractivity contribution is 9.10. The summed E-state index contributed by atoms with van der Waals surface area (Å²) < 4.78 is 1.04. The minimum Gasteiger partial charge on any atom is -0.283 e. The van der Waals surface area contributed by atoms with Gasteiger partial charge in [0, 0.05) is 21.0 Å². The third-order valence-electron chi connectivity index (χ3n) is 9.01. The predicted molar refractivity (Wildman–Crippen MR) is 177 cm³/mol. The Balaban J connectivity index is 0.00000181. The topological polar surface area (TPSA) is 39.5 Å². The molecule has 1 aliphatic carbocycles. The van der Waals surface area contributed by atoms with E-state index in [1.54, 1.807) is 0 Å². The largest absolute Gasteiger partial charge is 0.283 e. The van der Waals surface area contributed by atoms with Gasteiger partial charge < -0.3 is 0 Å². The number of hydrogen-bond donors (Lipinski definition) is 1. The lowest BCUT2D eigenvalue weighted by atomic mass is 9.81. The fourth-order valence-corrected chi connectivity index (χ4v) is 7.10. The quantitative estimate of drug-likeness (QED) is 0.222. The van der Waals surface area contributed by atoms with Crippen LogP contribution in [0.4, 0.5) is 5.69 Å². The predicted octanol–water partition coefficient (Wildman–Crippen LogP) is 10.5. The third kappa shape index (κ3) is 4.76. The summed E-state index contributed by atoms with van der Waals surface area (Å²) in [5, 5.41) is 9.80. The van der Waals surface area contributed by atoms with Crippen LogP contribution < -0.4 is 4.90 Å². The molecule has 1 N–H and O–H groups in total. The smallest absolute Gasteiger partial charge is 0.142 e. The van der Waals surface area contributed by atoms with Crippen molar-refractivity contribution in [1.29, 1.82) is 5.41 Å². The molecule has 0 aromatic heterocycles. The van der Waals surface area contributed by atoms with E-state index in [2.05, 4.69) is 124 Å². The SMILES string of the molecule is CC.CCC12C[C@]1(CC)N=C(N(C(=N)c1ccccc1C)c1c(C(C)C)cccc1C(C)C)c1cc(Br)ccc12. The minimum absolute atomic E-state index is 0.0796. The average Bonchev–Trinajstić information content (AvgIpc) is 3.64. The third-order valence-corrected chi connectivity index (χ3v) is 9.50. The second kappa shape index (κ2) is 11.6. The van der Waals surface area contributed by atoms with Gasteiger partial charge in [-0.15, -0.1) is 0 Å². The van der Waals surface area contributed by atoms with Crippen molar-refractivity contribution in [3.63, 3.8) is 0 Å². The number of benzene rings is 3. The van der Waals surface area contributed by atoms with Gasteiger partial charge in [-0.05, 0) is 72.4 Å². The molecule has 0 amide bonds. The first kappa shape index (κ1) is 30.2. The fourth-order valence-electron chi connectivity index (χ4n) is 6.74. The van der Waals surface area contributed by atoms with Gasteiger partial charge in [-0.3, -0.25) is 15.3 Å². The van der Waals surface area contributed by atoms with Crippen LogP contribution in [-0.2, 0) is 5.41 Å². The van der Waals surface area contributed by atoms with Crippen LogP contribution in [0.1, 0.15) is 120 Å². The highest BCUT2D eigenvalue weighted by atomic mass is 79.9. The van der Waals surface area contributed by atoms with Crippen molar-refractivity contribution in [3.8, 4) is 0 Å². The standard InChI is InChI=1S/C34H40BrN3.C2H6/c1-8-33-20-34(33,9-2)37-32(28-19-24(35)17-18-29(28)33)38(31(36)27-14-11-10-13-23(27)7)30-25(21(3)4)15-12-16-26(30)22(5)6;1-2/h10-19,21-22,36H,8-9,20H2,1-7H3;1-2H3/t33?,34-;/m0./s1. The first-order chi connectivity index (χ1) is 19.1. The Morgan fingerprint density at radius 2 is 1.55 bits per heavy atom. The molecule has 3 aromatic carbocycles. The van der Waals surface area contributed by atoms with Gasteiger partial charge in [0.2, 0.25) is 0 Å². The van der Waals surface area contributed by atoms with E-state index in [0.717, 1.165) is 51.9 Å². The van der Waals surface area contributed by atoms with Crippen LogP contribution in [0.15, 0.2) is 70.1 Å². The molecule has 0 saturated heterocycles. The molecule has 3 nitrogen and oxygen atoms in total. The summed E-state index contributed by atoms with van der Waals surface area (Å²) >= 11 is 3.77. The van der Waals surface area contributed by atoms with Gasteiger partial charge in [0.1, 0.15) is 11.7 Å². The molecule has 40 heavy (non-hydrogen) atoms. The fraction of sp³-hybridized carbons (Fsp3) is 0.444. The van der Waals surface area contributed by atoms with E-state index >= 15 is 0 Å². The summed E-state index contributed by atoms with van der Waals surface area (Å²) in [5.41, 5.74) is 8.15. The van der Waals surface area contributed by atoms with Crippen molar-refractivity contribution in [2.24, 2.45) is 4.99 Å². The molecule has 2 atom stereocenters. The summed E-state index contributed by atoms with van der Waals surface area (Å²) in [4.78, 5) is 7.87. The maximum Gasteiger partial charge on any atom is 0.142 e. The molecule has 0 radical (unpaired) electrons. The zero-order chi connectivity index (χ0) is 29.4. The van der Waals surface area contributed by atoms with Crippen LogP contribution in [0.2, 0.25) is 0 Å². The lowest BCUT2D eigenvalue weighted by molar-refractivity contribution is 0.498. The molecule has 0 spiro atoms. The number of nitrogens with zero attached hydrogens (tertiary/aromatic N) is 2. The van der Waals surface area contributed by atoms with E-state index < -0.39 is 0 Å². The number of para-hydroxylation sites is 1. The molecule has 212 valence electrons. The molecule has 1 aliphatic heterocycles. The molecule has 3 aromatic rings. The van der Waals surface area contributed by atoms with Crippen LogP contribution in [0.25, 0.3) is 0 Å². The number of fused-ring (bicyclic) bond motifs is 3. The Labute approximate surface area is 250 Å². The molecular weight excluding hydrogens is 554 g/mol. The van der Waals surface area contributed by atoms with E-state index in [-0.39, 0.29) is 11.0 Å². The maximum absolute atomic E-state index is 9.80. The zero-order valence-electron chi connectivity index (χ0n) is 25.8. The monoisotopic (exact) mass is 599 g/mol. The summed E-state index contributed by atoms with van der Waals surface area (Å²) in [6.45, 7) is 19.7. The van der Waals surface area contributed by atoms with Crippen molar-refractivity contribution in [3.05, 3.63) is 98.5 Å². The first-order valence-corrected chi connectivity index (χ1v) is 15.9. The number of anilines is 1. The van der Waals surface area contributed by atoms with Gasteiger partial charge >= 0.3 is 0 Å². The lowest BCUT2D eigenvalue weighted by Crippen LogP contribution is -2.44. The van der Waals surface area contributed by atoms with Crippen molar-refractivity contribution in [2.75, 3.05) is 4.90 Å². The van der Waals surface area contributed by atoms with Crippen molar-refractivity contribution < 1.29 is 0 Å². The maximum atomic E-state index is 9.80. The van der Waals surface area contributed by atoms with Crippen LogP contribution >= 0.6 is 15.9 Å². The van der Waals surface area contributed by atoms with Crippen LogP contribution in [0.3, 0.4) is 0 Å².